The van der Waals surface area contributed by atoms with Crippen molar-refractivity contribution in [1.29, 1.82) is 0 Å². The number of aliphatic carboxylic acids is 1. The van der Waals surface area contributed by atoms with E-state index in [1.807, 2.05) is 0 Å². The Hall–Kier alpha value is -0.670. The SMILES string of the molecule is CC(C)CC(C(=O)O)C(F)(F)CCCC1CCCCC1. The third-order valence-corrected chi connectivity index (χ3v) is 4.36. The quantitative estimate of drug-likeness (QED) is 0.673. The zero-order chi connectivity index (χ0) is 15.2. The number of carboxylic acid groups (broad SMARTS) is 1. The summed E-state index contributed by atoms with van der Waals surface area (Å²) < 4.78 is 28.1. The molecule has 20 heavy (non-hydrogen) atoms. The van der Waals surface area contributed by atoms with E-state index in [9.17, 15) is 13.6 Å². The predicted octanol–water partition coefficient (Wildman–Crippen LogP) is 5.12. The number of carbonyl (C=O) groups is 1. The molecule has 0 aromatic carbocycles. The number of halogens is 2. The number of rotatable bonds is 8. The van der Waals surface area contributed by atoms with E-state index in [1.54, 1.807) is 13.8 Å². The minimum absolute atomic E-state index is 0.0275. The van der Waals surface area contributed by atoms with Crippen molar-refractivity contribution >= 4 is 5.97 Å². The van der Waals surface area contributed by atoms with E-state index < -0.39 is 17.8 Å². The smallest absolute Gasteiger partial charge is 0.312 e. The van der Waals surface area contributed by atoms with E-state index >= 15 is 0 Å². The number of hydrogen-bond acceptors (Lipinski definition) is 1. The van der Waals surface area contributed by atoms with Gasteiger partial charge in [-0.05, 0) is 24.7 Å². The highest BCUT2D eigenvalue weighted by molar-refractivity contribution is 5.71. The molecule has 0 spiro atoms. The van der Waals surface area contributed by atoms with E-state index in [2.05, 4.69) is 0 Å². The maximum absolute atomic E-state index is 14.1. The van der Waals surface area contributed by atoms with Gasteiger partial charge in [-0.1, -0.05) is 52.4 Å². The summed E-state index contributed by atoms with van der Waals surface area (Å²) in [6.07, 6.45) is 7.03. The Morgan fingerprint density at radius 2 is 1.85 bits per heavy atom. The van der Waals surface area contributed by atoms with Crippen LogP contribution in [0.25, 0.3) is 0 Å². The van der Waals surface area contributed by atoms with Gasteiger partial charge in [-0.15, -0.1) is 0 Å². The molecule has 118 valence electrons. The molecule has 4 heteroatoms. The molecule has 0 aromatic rings. The highest BCUT2D eigenvalue weighted by atomic mass is 19.3. The van der Waals surface area contributed by atoms with E-state index in [1.165, 1.54) is 19.3 Å². The molecule has 1 aliphatic carbocycles. The summed E-state index contributed by atoms with van der Waals surface area (Å²) in [5, 5.41) is 9.03. The molecule has 1 N–H and O–H groups in total. The summed E-state index contributed by atoms with van der Waals surface area (Å²) in [4.78, 5) is 11.1. The predicted molar refractivity (Wildman–Crippen MR) is 76.0 cm³/mol. The lowest BCUT2D eigenvalue weighted by Gasteiger charge is -2.26. The Morgan fingerprint density at radius 1 is 1.25 bits per heavy atom. The van der Waals surface area contributed by atoms with E-state index in [-0.39, 0.29) is 18.8 Å². The Labute approximate surface area is 120 Å². The van der Waals surface area contributed by atoms with Crippen LogP contribution in [0.3, 0.4) is 0 Å². The van der Waals surface area contributed by atoms with Crippen molar-refractivity contribution in [1.82, 2.24) is 0 Å². The lowest BCUT2D eigenvalue weighted by molar-refractivity contribution is -0.159. The van der Waals surface area contributed by atoms with Crippen molar-refractivity contribution in [3.8, 4) is 0 Å². The summed E-state index contributed by atoms with van der Waals surface area (Å²) >= 11 is 0. The van der Waals surface area contributed by atoms with Crippen molar-refractivity contribution in [3.63, 3.8) is 0 Å². The van der Waals surface area contributed by atoms with Gasteiger partial charge in [0.05, 0.1) is 0 Å². The first-order chi connectivity index (χ1) is 9.33. The van der Waals surface area contributed by atoms with Gasteiger partial charge >= 0.3 is 5.97 Å². The summed E-state index contributed by atoms with van der Waals surface area (Å²) in [7, 11) is 0. The number of carboxylic acids is 1. The molecule has 0 amide bonds. The third kappa shape index (κ3) is 5.76. The van der Waals surface area contributed by atoms with E-state index in [0.29, 0.717) is 12.3 Å². The Balaban J connectivity index is 2.42. The highest BCUT2D eigenvalue weighted by Crippen LogP contribution is 2.36. The lowest BCUT2D eigenvalue weighted by Crippen LogP contribution is -2.35. The normalized spacial score (nSPS) is 19.2. The van der Waals surface area contributed by atoms with Crippen LogP contribution in [0.4, 0.5) is 8.78 Å². The molecule has 1 unspecified atom stereocenters. The van der Waals surface area contributed by atoms with Gasteiger partial charge in [-0.3, -0.25) is 4.79 Å². The van der Waals surface area contributed by atoms with Crippen LogP contribution in [0.15, 0.2) is 0 Å². The monoisotopic (exact) mass is 290 g/mol. The van der Waals surface area contributed by atoms with Crippen LogP contribution < -0.4 is 0 Å². The second kappa shape index (κ2) is 7.94. The van der Waals surface area contributed by atoms with Crippen LogP contribution in [0.2, 0.25) is 0 Å². The van der Waals surface area contributed by atoms with Crippen molar-refractivity contribution in [2.75, 3.05) is 0 Å². The largest absolute Gasteiger partial charge is 0.481 e. The van der Waals surface area contributed by atoms with Crippen LogP contribution in [0.5, 0.6) is 0 Å². The average Bonchev–Trinajstić information content (AvgIpc) is 2.36. The molecule has 0 saturated heterocycles. The highest BCUT2D eigenvalue weighted by Gasteiger charge is 2.43. The van der Waals surface area contributed by atoms with E-state index in [0.717, 1.165) is 19.3 Å². The van der Waals surface area contributed by atoms with Gasteiger partial charge in [-0.25, -0.2) is 8.78 Å². The molecule has 2 nitrogen and oxygen atoms in total. The molecular formula is C16H28F2O2. The summed E-state index contributed by atoms with van der Waals surface area (Å²) in [6.45, 7) is 3.57. The van der Waals surface area contributed by atoms with E-state index in [4.69, 9.17) is 5.11 Å². The van der Waals surface area contributed by atoms with Crippen molar-refractivity contribution in [2.45, 2.75) is 77.6 Å². The Bertz CT molecular complexity index is 297. The summed E-state index contributed by atoms with van der Waals surface area (Å²) in [5.41, 5.74) is 0. The van der Waals surface area contributed by atoms with Gasteiger partial charge in [0.15, 0.2) is 0 Å². The van der Waals surface area contributed by atoms with Crippen LogP contribution in [-0.4, -0.2) is 17.0 Å². The van der Waals surface area contributed by atoms with Gasteiger partial charge in [0, 0.05) is 6.42 Å². The standard InChI is InChI=1S/C16H28F2O2/c1-12(2)11-14(15(19)20)16(17,18)10-6-9-13-7-4-3-5-8-13/h12-14H,3-11H2,1-2H3,(H,19,20). The first-order valence-corrected chi connectivity index (χ1v) is 7.93. The number of alkyl halides is 2. The molecule has 1 atom stereocenters. The van der Waals surface area contributed by atoms with Crippen molar-refractivity contribution < 1.29 is 18.7 Å². The maximum Gasteiger partial charge on any atom is 0.312 e. The lowest BCUT2D eigenvalue weighted by atomic mass is 9.83. The van der Waals surface area contributed by atoms with Crippen molar-refractivity contribution in [2.24, 2.45) is 17.8 Å². The van der Waals surface area contributed by atoms with Gasteiger partial charge in [0.25, 0.3) is 5.92 Å². The van der Waals surface area contributed by atoms with Gasteiger partial charge < -0.3 is 5.11 Å². The van der Waals surface area contributed by atoms with Gasteiger partial charge in [-0.2, -0.15) is 0 Å². The second-order valence-corrected chi connectivity index (χ2v) is 6.68. The molecule has 0 aromatic heterocycles. The molecular weight excluding hydrogens is 262 g/mol. The van der Waals surface area contributed by atoms with Gasteiger partial charge in [0.1, 0.15) is 5.92 Å². The van der Waals surface area contributed by atoms with Crippen LogP contribution in [-0.2, 0) is 4.79 Å². The first-order valence-electron chi connectivity index (χ1n) is 7.93. The van der Waals surface area contributed by atoms with Crippen LogP contribution in [0, 0.1) is 17.8 Å². The minimum Gasteiger partial charge on any atom is -0.481 e. The molecule has 1 aliphatic rings. The Morgan fingerprint density at radius 3 is 2.35 bits per heavy atom. The Kier molecular flexibility index (Phi) is 6.90. The van der Waals surface area contributed by atoms with Crippen LogP contribution >= 0.6 is 0 Å². The van der Waals surface area contributed by atoms with Crippen LogP contribution in [0.1, 0.15) is 71.6 Å². The fourth-order valence-electron chi connectivity index (χ4n) is 3.20. The molecule has 0 bridgehead atoms. The van der Waals surface area contributed by atoms with Gasteiger partial charge in [0.2, 0.25) is 0 Å². The molecule has 0 heterocycles. The number of hydrogen-bond donors (Lipinski definition) is 1. The summed E-state index contributed by atoms with van der Waals surface area (Å²) in [5.74, 6) is -5.42. The zero-order valence-corrected chi connectivity index (χ0v) is 12.7. The molecule has 0 radical (unpaired) electrons. The average molecular weight is 290 g/mol. The molecule has 1 saturated carbocycles. The minimum atomic E-state index is -3.08. The maximum atomic E-state index is 14.1. The topological polar surface area (TPSA) is 37.3 Å². The third-order valence-electron chi connectivity index (χ3n) is 4.36. The zero-order valence-electron chi connectivity index (χ0n) is 12.7. The molecule has 0 aliphatic heterocycles. The van der Waals surface area contributed by atoms with Crippen molar-refractivity contribution in [3.05, 3.63) is 0 Å². The second-order valence-electron chi connectivity index (χ2n) is 6.68. The fraction of sp³-hybridized carbons (Fsp3) is 0.938. The molecule has 1 rings (SSSR count). The first kappa shape index (κ1) is 17.4. The summed E-state index contributed by atoms with van der Waals surface area (Å²) in [6, 6.07) is 0. The molecule has 1 fully saturated rings. The fourth-order valence-corrected chi connectivity index (χ4v) is 3.20.